The number of H-pyrrole nitrogens is 1. The van der Waals surface area contributed by atoms with E-state index in [4.69, 9.17) is 9.47 Å². The Labute approximate surface area is 179 Å². The molecule has 0 saturated heterocycles. The molecule has 0 saturated carbocycles. The molecule has 31 heavy (non-hydrogen) atoms. The predicted molar refractivity (Wildman–Crippen MR) is 119 cm³/mol. The molecule has 3 N–H and O–H groups in total. The molecule has 8 heteroatoms. The molecule has 8 nitrogen and oxygen atoms in total. The number of ether oxygens (including phenoxy) is 2. The number of nitrogens with one attached hydrogen (secondary N) is 3. The molecular formula is C23H23N5O3. The van der Waals surface area contributed by atoms with E-state index in [0.29, 0.717) is 30.3 Å². The molecule has 0 atom stereocenters. The van der Waals surface area contributed by atoms with Crippen molar-refractivity contribution in [2.75, 3.05) is 25.6 Å². The first kappa shape index (κ1) is 20.4. The van der Waals surface area contributed by atoms with Gasteiger partial charge in [-0.1, -0.05) is 6.07 Å². The summed E-state index contributed by atoms with van der Waals surface area (Å²) in [4.78, 5) is 24.1. The molecule has 4 rings (SSSR count). The van der Waals surface area contributed by atoms with Gasteiger partial charge in [0.15, 0.2) is 0 Å². The maximum Gasteiger partial charge on any atom is 0.323 e. The van der Waals surface area contributed by atoms with Crippen molar-refractivity contribution in [1.29, 1.82) is 0 Å². The highest BCUT2D eigenvalue weighted by Crippen LogP contribution is 2.24. The van der Waals surface area contributed by atoms with Gasteiger partial charge in [0.1, 0.15) is 11.6 Å². The Hall–Kier alpha value is -3.91. The monoisotopic (exact) mass is 417 g/mol. The third kappa shape index (κ3) is 5.18. The van der Waals surface area contributed by atoms with Gasteiger partial charge < -0.3 is 25.1 Å². The van der Waals surface area contributed by atoms with Gasteiger partial charge in [-0.05, 0) is 55.5 Å². The molecular weight excluding hydrogens is 394 g/mol. The number of aryl methyl sites for hydroxylation is 1. The first-order chi connectivity index (χ1) is 15.1. The van der Waals surface area contributed by atoms with E-state index in [1.807, 2.05) is 25.1 Å². The van der Waals surface area contributed by atoms with Crippen molar-refractivity contribution < 1.29 is 14.3 Å². The van der Waals surface area contributed by atoms with Crippen LogP contribution in [0.4, 0.5) is 11.5 Å². The molecule has 4 aromatic rings. The van der Waals surface area contributed by atoms with Crippen LogP contribution < -0.4 is 15.4 Å². The topological polar surface area (TPSA) is 101 Å². The molecule has 0 aliphatic carbocycles. The van der Waals surface area contributed by atoms with Crippen LogP contribution in [0.15, 0.2) is 60.8 Å². The molecule has 0 aliphatic rings. The summed E-state index contributed by atoms with van der Waals surface area (Å²) in [6.07, 6.45) is 1.62. The van der Waals surface area contributed by atoms with Crippen molar-refractivity contribution in [3.05, 3.63) is 72.1 Å². The first-order valence-electron chi connectivity index (χ1n) is 9.85. The number of aromatic amines is 1. The van der Waals surface area contributed by atoms with Crippen LogP contribution in [-0.4, -0.2) is 41.1 Å². The van der Waals surface area contributed by atoms with Crippen LogP contribution in [0.1, 0.15) is 16.1 Å². The third-order valence-electron chi connectivity index (χ3n) is 4.56. The Morgan fingerprint density at radius 1 is 1.13 bits per heavy atom. The minimum Gasteiger partial charge on any atom is -0.424 e. The van der Waals surface area contributed by atoms with Gasteiger partial charge in [0, 0.05) is 47.7 Å². The number of rotatable bonds is 8. The average molecular weight is 417 g/mol. The second-order valence-electron chi connectivity index (χ2n) is 6.98. The van der Waals surface area contributed by atoms with E-state index >= 15 is 0 Å². The fourth-order valence-electron chi connectivity index (χ4n) is 3.14. The largest absolute Gasteiger partial charge is 0.424 e. The second-order valence-corrected chi connectivity index (χ2v) is 6.98. The van der Waals surface area contributed by atoms with E-state index in [1.54, 1.807) is 43.6 Å². The number of fused-ring (bicyclic) bond motifs is 1. The molecule has 0 spiro atoms. The molecule has 1 amide bonds. The van der Waals surface area contributed by atoms with E-state index < -0.39 is 0 Å². The van der Waals surface area contributed by atoms with Gasteiger partial charge in [0.2, 0.25) is 0 Å². The maximum atomic E-state index is 12.2. The Bertz CT molecular complexity index is 1200. The Morgan fingerprint density at radius 3 is 2.90 bits per heavy atom. The molecule has 0 bridgehead atoms. The van der Waals surface area contributed by atoms with Crippen LogP contribution in [0.25, 0.3) is 10.9 Å². The van der Waals surface area contributed by atoms with Gasteiger partial charge in [-0.25, -0.2) is 4.98 Å². The SMILES string of the molecule is COCCNC(=O)c1cccc(Oc2nccc(Nc3ccc4[nH]c(C)cc4c3)n2)c1. The molecule has 0 unspecified atom stereocenters. The van der Waals surface area contributed by atoms with Gasteiger partial charge in [-0.2, -0.15) is 4.98 Å². The summed E-state index contributed by atoms with van der Waals surface area (Å²) in [5.41, 5.74) is 3.59. The van der Waals surface area contributed by atoms with E-state index in [2.05, 4.69) is 31.7 Å². The van der Waals surface area contributed by atoms with Crippen LogP contribution >= 0.6 is 0 Å². The number of nitrogens with zero attached hydrogens (tertiary/aromatic N) is 2. The summed E-state index contributed by atoms with van der Waals surface area (Å²) in [6, 6.07) is 16.9. The fraction of sp³-hybridized carbons (Fsp3) is 0.174. The van der Waals surface area contributed by atoms with Gasteiger partial charge >= 0.3 is 6.01 Å². The summed E-state index contributed by atoms with van der Waals surface area (Å²) in [7, 11) is 1.59. The van der Waals surface area contributed by atoms with E-state index in [1.165, 1.54) is 0 Å². The standard InChI is InChI=1S/C23H23N5O3/c1-15-12-17-13-18(6-7-20(17)26-15)27-21-8-9-25-23(28-21)31-19-5-3-4-16(14-19)22(29)24-10-11-30-2/h3-9,12-14,26H,10-11H2,1-2H3,(H,24,29)(H,25,27,28). The molecule has 2 aromatic heterocycles. The van der Waals surface area contributed by atoms with Crippen molar-refractivity contribution in [2.24, 2.45) is 0 Å². The molecule has 2 heterocycles. The Balaban J connectivity index is 1.45. The molecule has 0 radical (unpaired) electrons. The zero-order valence-electron chi connectivity index (χ0n) is 17.3. The number of hydrogen-bond acceptors (Lipinski definition) is 6. The van der Waals surface area contributed by atoms with Gasteiger partial charge in [0.05, 0.1) is 6.61 Å². The van der Waals surface area contributed by atoms with Crippen LogP contribution in [-0.2, 0) is 4.74 Å². The minimum atomic E-state index is -0.200. The smallest absolute Gasteiger partial charge is 0.323 e. The lowest BCUT2D eigenvalue weighted by Gasteiger charge is -2.09. The summed E-state index contributed by atoms with van der Waals surface area (Å²) in [5.74, 6) is 0.875. The summed E-state index contributed by atoms with van der Waals surface area (Å²) >= 11 is 0. The molecule has 0 aliphatic heterocycles. The summed E-state index contributed by atoms with van der Waals surface area (Å²) in [5, 5.41) is 7.17. The van der Waals surface area contributed by atoms with Crippen molar-refractivity contribution in [3.8, 4) is 11.8 Å². The van der Waals surface area contributed by atoms with Crippen LogP contribution in [0, 0.1) is 6.92 Å². The lowest BCUT2D eigenvalue weighted by molar-refractivity contribution is 0.0936. The zero-order valence-corrected chi connectivity index (χ0v) is 17.3. The van der Waals surface area contributed by atoms with E-state index in [9.17, 15) is 4.79 Å². The van der Waals surface area contributed by atoms with Crippen LogP contribution in [0.5, 0.6) is 11.8 Å². The molecule has 2 aromatic carbocycles. The quantitative estimate of drug-likeness (QED) is 0.372. The number of anilines is 2. The summed E-state index contributed by atoms with van der Waals surface area (Å²) in [6.45, 7) is 2.91. The lowest BCUT2D eigenvalue weighted by atomic mass is 10.2. The number of amides is 1. The van der Waals surface area contributed by atoms with Crippen molar-refractivity contribution >= 4 is 28.3 Å². The minimum absolute atomic E-state index is 0.181. The highest BCUT2D eigenvalue weighted by Gasteiger charge is 2.09. The highest BCUT2D eigenvalue weighted by atomic mass is 16.5. The Kier molecular flexibility index (Phi) is 6.09. The van der Waals surface area contributed by atoms with Crippen LogP contribution in [0.2, 0.25) is 0 Å². The number of benzene rings is 2. The predicted octanol–water partition coefficient (Wildman–Crippen LogP) is 4.18. The third-order valence-corrected chi connectivity index (χ3v) is 4.56. The number of aromatic nitrogens is 3. The summed E-state index contributed by atoms with van der Waals surface area (Å²) < 4.78 is 10.7. The first-order valence-corrected chi connectivity index (χ1v) is 9.85. The van der Waals surface area contributed by atoms with Crippen molar-refractivity contribution in [3.63, 3.8) is 0 Å². The number of carbonyl (C=O) groups is 1. The molecule has 158 valence electrons. The number of methoxy groups -OCH3 is 1. The van der Waals surface area contributed by atoms with E-state index in [0.717, 1.165) is 22.3 Å². The number of carbonyl (C=O) groups excluding carboxylic acids is 1. The van der Waals surface area contributed by atoms with E-state index in [-0.39, 0.29) is 11.9 Å². The molecule has 0 fully saturated rings. The normalized spacial score (nSPS) is 10.8. The maximum absolute atomic E-state index is 12.2. The highest BCUT2D eigenvalue weighted by molar-refractivity contribution is 5.94. The fourth-order valence-corrected chi connectivity index (χ4v) is 3.14. The van der Waals surface area contributed by atoms with Gasteiger partial charge in [-0.3, -0.25) is 4.79 Å². The second kappa shape index (κ2) is 9.27. The lowest BCUT2D eigenvalue weighted by Crippen LogP contribution is -2.26. The van der Waals surface area contributed by atoms with Crippen molar-refractivity contribution in [2.45, 2.75) is 6.92 Å². The van der Waals surface area contributed by atoms with Crippen molar-refractivity contribution in [1.82, 2.24) is 20.3 Å². The average Bonchev–Trinajstić information content (AvgIpc) is 3.13. The van der Waals surface area contributed by atoms with Crippen LogP contribution in [0.3, 0.4) is 0 Å². The zero-order chi connectivity index (χ0) is 21.6. The number of hydrogen-bond donors (Lipinski definition) is 3. The van der Waals surface area contributed by atoms with Gasteiger partial charge in [0.25, 0.3) is 5.91 Å². The Morgan fingerprint density at radius 2 is 2.03 bits per heavy atom. The van der Waals surface area contributed by atoms with Gasteiger partial charge in [-0.15, -0.1) is 0 Å².